The van der Waals surface area contributed by atoms with Gasteiger partial charge < -0.3 is 16.0 Å². The van der Waals surface area contributed by atoms with Gasteiger partial charge in [-0.2, -0.15) is 5.10 Å². The molecule has 0 bridgehead atoms. The maximum Gasteiger partial charge on any atom is 0.220 e. The van der Waals surface area contributed by atoms with E-state index in [0.717, 1.165) is 43.7 Å². The minimum atomic E-state index is -0.185. The number of amides is 2. The number of hydrogen-bond donors (Lipinski definition) is 3. The normalized spacial score (nSPS) is 20.8. The molecule has 2 aliphatic rings. The van der Waals surface area contributed by atoms with Gasteiger partial charge in [-0.05, 0) is 36.6 Å². The van der Waals surface area contributed by atoms with Gasteiger partial charge in [0.2, 0.25) is 11.8 Å². The molecule has 0 spiro atoms. The van der Waals surface area contributed by atoms with Gasteiger partial charge in [-0.25, -0.2) is 0 Å². The monoisotopic (exact) mass is 381 g/mol. The molecule has 3 N–H and O–H groups in total. The summed E-state index contributed by atoms with van der Waals surface area (Å²) in [6, 6.07) is 9.86. The smallest absolute Gasteiger partial charge is 0.220 e. The molecule has 0 saturated carbocycles. The highest BCUT2D eigenvalue weighted by Gasteiger charge is 2.33. The van der Waals surface area contributed by atoms with Crippen molar-refractivity contribution in [3.05, 3.63) is 52.8 Å². The van der Waals surface area contributed by atoms with Crippen molar-refractivity contribution in [2.24, 2.45) is 0 Å². The lowest BCUT2D eigenvalue weighted by Gasteiger charge is -2.22. The van der Waals surface area contributed by atoms with Crippen LogP contribution < -0.4 is 16.0 Å². The molecular weight excluding hydrogens is 354 g/mol. The Morgan fingerprint density at radius 1 is 1.29 bits per heavy atom. The zero-order valence-electron chi connectivity index (χ0n) is 16.2. The van der Waals surface area contributed by atoms with Crippen molar-refractivity contribution in [3.63, 3.8) is 0 Å². The zero-order valence-corrected chi connectivity index (χ0v) is 16.2. The average Bonchev–Trinajstić information content (AvgIpc) is 3.13. The lowest BCUT2D eigenvalue weighted by Crippen LogP contribution is -2.43. The Kier molecular flexibility index (Phi) is 5.43. The Bertz CT molecular complexity index is 852. The Balaban J connectivity index is 1.39. The molecule has 0 fully saturated rings. The van der Waals surface area contributed by atoms with E-state index in [9.17, 15) is 9.59 Å². The number of hydrogen-bond acceptors (Lipinski definition) is 4. The third kappa shape index (κ3) is 4.09. The first kappa shape index (κ1) is 18.7. The van der Waals surface area contributed by atoms with Gasteiger partial charge in [0.05, 0.1) is 23.5 Å². The first-order valence-electron chi connectivity index (χ1n) is 10.0. The Morgan fingerprint density at radius 3 is 3.00 bits per heavy atom. The van der Waals surface area contributed by atoms with Crippen LogP contribution in [0.15, 0.2) is 30.3 Å². The van der Waals surface area contributed by atoms with Crippen LogP contribution in [0, 0.1) is 0 Å². The van der Waals surface area contributed by atoms with E-state index in [2.05, 4.69) is 33.2 Å². The van der Waals surface area contributed by atoms with Crippen molar-refractivity contribution in [2.45, 2.75) is 57.8 Å². The molecule has 2 amide bonds. The molecule has 7 nitrogen and oxygen atoms in total. The maximum atomic E-state index is 12.6. The highest BCUT2D eigenvalue weighted by Crippen LogP contribution is 2.31. The summed E-state index contributed by atoms with van der Waals surface area (Å²) in [4.78, 5) is 24.2. The quantitative estimate of drug-likeness (QED) is 0.727. The summed E-state index contributed by atoms with van der Waals surface area (Å²) >= 11 is 0. The number of aromatic nitrogens is 2. The third-order valence-electron chi connectivity index (χ3n) is 5.49. The van der Waals surface area contributed by atoms with Gasteiger partial charge in [0.15, 0.2) is 0 Å². The fraction of sp³-hybridized carbons (Fsp3) is 0.476. The van der Waals surface area contributed by atoms with E-state index in [1.807, 2.05) is 22.9 Å². The summed E-state index contributed by atoms with van der Waals surface area (Å²) in [7, 11) is 0. The highest BCUT2D eigenvalue weighted by atomic mass is 16.2. The first-order chi connectivity index (χ1) is 13.6. The van der Waals surface area contributed by atoms with E-state index in [4.69, 9.17) is 0 Å². The summed E-state index contributed by atoms with van der Waals surface area (Å²) in [5, 5.41) is 14.1. The summed E-state index contributed by atoms with van der Waals surface area (Å²) in [6.07, 6.45) is 2.81. The van der Waals surface area contributed by atoms with Crippen molar-refractivity contribution < 1.29 is 9.59 Å². The SMILES string of the molecule is CC(=O)N[C@@H]1Cc2ccccc2[C@H]1NC(=O)CCc1cc2n(n1)CCCNC2. The van der Waals surface area contributed by atoms with Crippen LogP contribution in [0.2, 0.25) is 0 Å². The lowest BCUT2D eigenvalue weighted by atomic mass is 10.1. The van der Waals surface area contributed by atoms with Gasteiger partial charge in [-0.1, -0.05) is 24.3 Å². The predicted molar refractivity (Wildman–Crippen MR) is 106 cm³/mol. The summed E-state index contributed by atoms with van der Waals surface area (Å²) in [6.45, 7) is 4.28. The van der Waals surface area contributed by atoms with Crippen LogP contribution in [0.4, 0.5) is 0 Å². The molecule has 7 heteroatoms. The lowest BCUT2D eigenvalue weighted by molar-refractivity contribution is -0.123. The minimum absolute atomic E-state index is 0.0154. The molecule has 0 saturated heterocycles. The van der Waals surface area contributed by atoms with Gasteiger partial charge in [0.25, 0.3) is 0 Å². The maximum absolute atomic E-state index is 12.6. The third-order valence-corrected chi connectivity index (χ3v) is 5.49. The van der Waals surface area contributed by atoms with Crippen molar-refractivity contribution in [1.82, 2.24) is 25.7 Å². The molecule has 4 rings (SSSR count). The number of aryl methyl sites for hydroxylation is 2. The number of carbonyl (C=O) groups is 2. The van der Waals surface area contributed by atoms with E-state index in [1.165, 1.54) is 18.2 Å². The van der Waals surface area contributed by atoms with E-state index in [0.29, 0.717) is 12.8 Å². The van der Waals surface area contributed by atoms with Crippen molar-refractivity contribution >= 4 is 11.8 Å². The van der Waals surface area contributed by atoms with Crippen LogP contribution in [0.25, 0.3) is 0 Å². The topological polar surface area (TPSA) is 88.1 Å². The van der Waals surface area contributed by atoms with Gasteiger partial charge in [0, 0.05) is 32.9 Å². The highest BCUT2D eigenvalue weighted by molar-refractivity contribution is 5.78. The van der Waals surface area contributed by atoms with E-state index >= 15 is 0 Å². The zero-order chi connectivity index (χ0) is 19.5. The minimum Gasteiger partial charge on any atom is -0.351 e. The number of benzene rings is 1. The molecule has 2 atom stereocenters. The van der Waals surface area contributed by atoms with Crippen LogP contribution >= 0.6 is 0 Å². The molecule has 2 heterocycles. The predicted octanol–water partition coefficient (Wildman–Crippen LogP) is 1.23. The summed E-state index contributed by atoms with van der Waals surface area (Å²) in [5.41, 5.74) is 4.41. The summed E-state index contributed by atoms with van der Waals surface area (Å²) < 4.78 is 2.05. The van der Waals surface area contributed by atoms with Crippen LogP contribution in [0.3, 0.4) is 0 Å². The van der Waals surface area contributed by atoms with E-state index in [-0.39, 0.29) is 23.9 Å². The van der Waals surface area contributed by atoms with Gasteiger partial charge in [-0.3, -0.25) is 14.3 Å². The molecular formula is C21H27N5O2. The van der Waals surface area contributed by atoms with Crippen LogP contribution in [-0.4, -0.2) is 34.2 Å². The van der Waals surface area contributed by atoms with Crippen molar-refractivity contribution in [3.8, 4) is 0 Å². The molecule has 28 heavy (non-hydrogen) atoms. The largest absolute Gasteiger partial charge is 0.351 e. The van der Waals surface area contributed by atoms with Gasteiger partial charge in [0.1, 0.15) is 0 Å². The van der Waals surface area contributed by atoms with Gasteiger partial charge >= 0.3 is 0 Å². The van der Waals surface area contributed by atoms with Crippen LogP contribution in [-0.2, 0) is 35.5 Å². The van der Waals surface area contributed by atoms with Crippen molar-refractivity contribution in [1.29, 1.82) is 0 Å². The second-order valence-electron chi connectivity index (χ2n) is 7.64. The van der Waals surface area contributed by atoms with E-state index < -0.39 is 0 Å². The Labute approximate surface area is 164 Å². The molecule has 0 unspecified atom stereocenters. The number of carbonyl (C=O) groups excluding carboxylic acids is 2. The molecule has 2 aromatic rings. The first-order valence-corrected chi connectivity index (χ1v) is 10.0. The fourth-order valence-corrected chi connectivity index (χ4v) is 4.20. The summed E-state index contributed by atoms with van der Waals surface area (Å²) in [5.74, 6) is -0.0939. The molecule has 0 radical (unpaired) electrons. The Hall–Kier alpha value is -2.67. The van der Waals surface area contributed by atoms with E-state index in [1.54, 1.807) is 0 Å². The second-order valence-corrected chi connectivity index (χ2v) is 7.64. The number of nitrogens with one attached hydrogen (secondary N) is 3. The van der Waals surface area contributed by atoms with Crippen LogP contribution in [0.1, 0.15) is 48.3 Å². The standard InChI is InChI=1S/C21H27N5O2/c1-14(27)23-19-11-15-5-2-3-6-18(15)21(19)24-20(28)8-7-16-12-17-13-22-9-4-10-26(17)25-16/h2-3,5-6,12,19,21-22H,4,7-11,13H2,1H3,(H,23,27)(H,24,28)/t19-,21-/m1/s1. The fourth-order valence-electron chi connectivity index (χ4n) is 4.20. The molecule has 1 aliphatic carbocycles. The number of nitrogens with zero attached hydrogens (tertiary/aromatic N) is 2. The Morgan fingerprint density at radius 2 is 2.14 bits per heavy atom. The average molecular weight is 381 g/mol. The van der Waals surface area contributed by atoms with Gasteiger partial charge in [-0.15, -0.1) is 0 Å². The second kappa shape index (κ2) is 8.14. The van der Waals surface area contributed by atoms with Crippen LogP contribution in [0.5, 0.6) is 0 Å². The molecule has 1 aromatic heterocycles. The molecule has 148 valence electrons. The number of fused-ring (bicyclic) bond motifs is 2. The molecule has 1 aliphatic heterocycles. The molecule has 1 aromatic carbocycles. The number of rotatable bonds is 5. The van der Waals surface area contributed by atoms with Crippen molar-refractivity contribution in [2.75, 3.05) is 6.54 Å².